The Morgan fingerprint density at radius 2 is 2.00 bits per heavy atom. The molecular formula is C13H11N3O2S. The molecule has 19 heavy (non-hydrogen) atoms. The van der Waals surface area contributed by atoms with Gasteiger partial charge in [0.15, 0.2) is 0 Å². The van der Waals surface area contributed by atoms with Crippen LogP contribution in [0.2, 0.25) is 0 Å². The zero-order chi connectivity index (χ0) is 13.4. The number of imide groups is 1. The second-order valence-corrected chi connectivity index (χ2v) is 5.55. The van der Waals surface area contributed by atoms with Crippen LogP contribution >= 0.6 is 11.8 Å². The van der Waals surface area contributed by atoms with E-state index in [1.807, 2.05) is 6.07 Å². The number of rotatable bonds is 1. The van der Waals surface area contributed by atoms with Gasteiger partial charge in [-0.3, -0.25) is 4.79 Å². The average Bonchev–Trinajstić information content (AvgIpc) is 2.72. The van der Waals surface area contributed by atoms with E-state index in [9.17, 15) is 9.59 Å². The van der Waals surface area contributed by atoms with Crippen LogP contribution in [0.25, 0.3) is 0 Å². The number of hydrogen-bond donors (Lipinski definition) is 0. The minimum absolute atomic E-state index is 0.165. The van der Waals surface area contributed by atoms with Gasteiger partial charge in [0.25, 0.3) is 5.91 Å². The van der Waals surface area contributed by atoms with Crippen LogP contribution in [-0.4, -0.2) is 40.9 Å². The van der Waals surface area contributed by atoms with Gasteiger partial charge in [0, 0.05) is 18.1 Å². The predicted molar refractivity (Wildman–Crippen MR) is 71.9 cm³/mol. The lowest BCUT2D eigenvalue weighted by atomic mass is 10.2. The number of hydrogen-bond acceptors (Lipinski definition) is 4. The summed E-state index contributed by atoms with van der Waals surface area (Å²) in [4.78, 5) is 27.4. The fourth-order valence-corrected chi connectivity index (χ4v) is 3.37. The maximum Gasteiger partial charge on any atom is 0.332 e. The van der Waals surface area contributed by atoms with E-state index >= 15 is 0 Å². The summed E-state index contributed by atoms with van der Waals surface area (Å²) >= 11 is 1.70. The summed E-state index contributed by atoms with van der Waals surface area (Å²) in [5, 5.41) is 8.76. The van der Waals surface area contributed by atoms with Gasteiger partial charge in [0.05, 0.1) is 17.3 Å². The SMILES string of the molecule is N#Cc1ccc(N2C(=O)C3CSCCN3C2=O)cc1. The number of fused-ring (bicyclic) bond motifs is 1. The van der Waals surface area contributed by atoms with Gasteiger partial charge < -0.3 is 4.90 Å². The van der Waals surface area contributed by atoms with Crippen molar-refractivity contribution in [1.82, 2.24) is 4.90 Å². The zero-order valence-corrected chi connectivity index (χ0v) is 10.9. The second kappa shape index (κ2) is 4.59. The largest absolute Gasteiger partial charge is 0.332 e. The maximum atomic E-state index is 12.3. The smallest absolute Gasteiger partial charge is 0.310 e. The first kappa shape index (κ1) is 12.1. The first-order valence-corrected chi connectivity index (χ1v) is 7.10. The third-order valence-corrected chi connectivity index (χ3v) is 4.35. The predicted octanol–water partition coefficient (Wildman–Crippen LogP) is 1.44. The first-order chi connectivity index (χ1) is 9.22. The first-order valence-electron chi connectivity index (χ1n) is 5.95. The van der Waals surface area contributed by atoms with Gasteiger partial charge in [-0.1, -0.05) is 0 Å². The Morgan fingerprint density at radius 1 is 1.26 bits per heavy atom. The molecule has 5 nitrogen and oxygen atoms in total. The fourth-order valence-electron chi connectivity index (χ4n) is 2.33. The number of urea groups is 1. The Bertz CT molecular complexity index is 555. The number of nitriles is 1. The molecule has 2 fully saturated rings. The van der Waals surface area contributed by atoms with E-state index < -0.39 is 0 Å². The van der Waals surface area contributed by atoms with Crippen molar-refractivity contribution in [2.45, 2.75) is 6.04 Å². The number of nitrogens with zero attached hydrogens (tertiary/aromatic N) is 3. The lowest BCUT2D eigenvalue weighted by Crippen LogP contribution is -2.41. The molecule has 0 bridgehead atoms. The molecule has 1 aromatic carbocycles. The molecule has 0 radical (unpaired) electrons. The van der Waals surface area contributed by atoms with E-state index in [-0.39, 0.29) is 18.0 Å². The minimum Gasteiger partial charge on any atom is -0.310 e. The molecule has 2 saturated heterocycles. The molecule has 3 amide bonds. The van der Waals surface area contributed by atoms with Crippen molar-refractivity contribution in [3.05, 3.63) is 29.8 Å². The van der Waals surface area contributed by atoms with Gasteiger partial charge in [0.1, 0.15) is 6.04 Å². The molecule has 0 aliphatic carbocycles. The Morgan fingerprint density at radius 3 is 2.63 bits per heavy atom. The standard InChI is InChI=1S/C13H11N3O2S/c14-7-9-1-3-10(4-2-9)16-12(17)11-8-19-6-5-15(11)13(16)18/h1-4,11H,5-6,8H2. The van der Waals surface area contributed by atoms with E-state index in [2.05, 4.69) is 0 Å². The number of benzene rings is 1. The molecule has 2 aliphatic rings. The van der Waals surface area contributed by atoms with Crippen molar-refractivity contribution in [1.29, 1.82) is 5.26 Å². The molecule has 2 heterocycles. The quantitative estimate of drug-likeness (QED) is 0.726. The van der Waals surface area contributed by atoms with Crippen LogP contribution in [0.4, 0.5) is 10.5 Å². The van der Waals surface area contributed by atoms with Crippen LogP contribution in [0.1, 0.15) is 5.56 Å². The van der Waals surface area contributed by atoms with Crippen molar-refractivity contribution in [2.24, 2.45) is 0 Å². The van der Waals surface area contributed by atoms with Crippen molar-refractivity contribution in [2.75, 3.05) is 23.0 Å². The third kappa shape index (κ3) is 1.87. The Kier molecular flexibility index (Phi) is 2.91. The third-order valence-electron chi connectivity index (χ3n) is 3.33. The van der Waals surface area contributed by atoms with Crippen LogP contribution in [0, 0.1) is 11.3 Å². The molecule has 0 spiro atoms. The summed E-state index contributed by atoms with van der Waals surface area (Å²) in [5.41, 5.74) is 1.05. The highest BCUT2D eigenvalue weighted by atomic mass is 32.2. The fraction of sp³-hybridized carbons (Fsp3) is 0.308. The Hall–Kier alpha value is -2.00. The van der Waals surface area contributed by atoms with Gasteiger partial charge in [-0.2, -0.15) is 17.0 Å². The summed E-state index contributed by atoms with van der Waals surface area (Å²) in [5.74, 6) is 1.37. The molecule has 0 aromatic heterocycles. The molecule has 1 atom stereocenters. The van der Waals surface area contributed by atoms with Gasteiger partial charge in [-0.25, -0.2) is 9.69 Å². The van der Waals surface area contributed by atoms with Gasteiger partial charge in [-0.05, 0) is 24.3 Å². The van der Waals surface area contributed by atoms with E-state index in [4.69, 9.17) is 5.26 Å². The van der Waals surface area contributed by atoms with Gasteiger partial charge in [0.2, 0.25) is 0 Å². The number of thioether (sulfide) groups is 1. The highest BCUT2D eigenvalue weighted by Crippen LogP contribution is 2.29. The topological polar surface area (TPSA) is 64.4 Å². The maximum absolute atomic E-state index is 12.3. The molecule has 0 saturated carbocycles. The molecule has 1 unspecified atom stereocenters. The normalized spacial score (nSPS) is 22.4. The highest BCUT2D eigenvalue weighted by Gasteiger charge is 2.46. The van der Waals surface area contributed by atoms with E-state index in [1.165, 1.54) is 4.90 Å². The summed E-state index contributed by atoms with van der Waals surface area (Å²) in [6, 6.07) is 7.94. The van der Waals surface area contributed by atoms with Crippen LogP contribution in [-0.2, 0) is 4.79 Å². The van der Waals surface area contributed by atoms with Gasteiger partial charge in [-0.15, -0.1) is 0 Å². The van der Waals surface area contributed by atoms with Crippen LogP contribution in [0.5, 0.6) is 0 Å². The molecule has 0 N–H and O–H groups in total. The second-order valence-electron chi connectivity index (χ2n) is 4.40. The molecule has 6 heteroatoms. The van der Waals surface area contributed by atoms with Crippen LogP contribution in [0.3, 0.4) is 0 Å². The molecule has 3 rings (SSSR count). The van der Waals surface area contributed by atoms with Crippen molar-refractivity contribution >= 4 is 29.4 Å². The summed E-state index contributed by atoms with van der Waals surface area (Å²) < 4.78 is 0. The number of carbonyl (C=O) groups is 2. The van der Waals surface area contributed by atoms with Crippen molar-refractivity contribution in [3.8, 4) is 6.07 Å². The van der Waals surface area contributed by atoms with E-state index in [1.54, 1.807) is 40.9 Å². The van der Waals surface area contributed by atoms with Crippen LogP contribution in [0.15, 0.2) is 24.3 Å². The average molecular weight is 273 g/mol. The van der Waals surface area contributed by atoms with Gasteiger partial charge >= 0.3 is 6.03 Å². The summed E-state index contributed by atoms with van der Waals surface area (Å²) in [6.45, 7) is 0.618. The molecule has 1 aromatic rings. The lowest BCUT2D eigenvalue weighted by Gasteiger charge is -2.25. The van der Waals surface area contributed by atoms with E-state index in [0.29, 0.717) is 23.5 Å². The summed E-state index contributed by atoms with van der Waals surface area (Å²) in [7, 11) is 0. The number of amides is 3. The monoisotopic (exact) mass is 273 g/mol. The Labute approximate surface area is 114 Å². The molecule has 96 valence electrons. The molecule has 2 aliphatic heterocycles. The van der Waals surface area contributed by atoms with Crippen molar-refractivity contribution < 1.29 is 9.59 Å². The minimum atomic E-state index is -0.332. The zero-order valence-electron chi connectivity index (χ0n) is 10.1. The number of carbonyl (C=O) groups excluding carboxylic acids is 2. The highest BCUT2D eigenvalue weighted by molar-refractivity contribution is 7.99. The van der Waals surface area contributed by atoms with Crippen LogP contribution < -0.4 is 4.90 Å². The van der Waals surface area contributed by atoms with Crippen molar-refractivity contribution in [3.63, 3.8) is 0 Å². The Balaban J connectivity index is 1.93. The lowest BCUT2D eigenvalue weighted by molar-refractivity contribution is -0.119. The molecular weight excluding hydrogens is 262 g/mol. The number of anilines is 1. The summed E-state index contributed by atoms with van der Waals surface area (Å²) in [6.07, 6.45) is 0. The van der Waals surface area contributed by atoms with E-state index in [0.717, 1.165) is 5.75 Å².